The fraction of sp³-hybridized carbons (Fsp3) is 0.450. The molecule has 0 N–H and O–H groups in total. The van der Waals surface area contributed by atoms with Gasteiger partial charge in [-0.1, -0.05) is 18.2 Å². The van der Waals surface area contributed by atoms with Crippen LogP contribution in [-0.2, 0) is 4.79 Å². The van der Waals surface area contributed by atoms with Crippen molar-refractivity contribution in [1.82, 2.24) is 14.9 Å². The van der Waals surface area contributed by atoms with Crippen LogP contribution in [0.2, 0.25) is 0 Å². The van der Waals surface area contributed by atoms with Gasteiger partial charge in [0.15, 0.2) is 0 Å². The highest BCUT2D eigenvalue weighted by atomic mass is 16.5. The van der Waals surface area contributed by atoms with Crippen LogP contribution in [0, 0.1) is 5.92 Å². The molecule has 4 rings (SSSR count). The van der Waals surface area contributed by atoms with Crippen LogP contribution in [0.5, 0.6) is 5.88 Å². The zero-order valence-corrected chi connectivity index (χ0v) is 15.6. The molecule has 142 valence electrons. The maximum atomic E-state index is 12.4. The maximum absolute atomic E-state index is 12.4. The summed E-state index contributed by atoms with van der Waals surface area (Å²) in [5.74, 6) is 1.93. The van der Waals surface area contributed by atoms with Crippen molar-refractivity contribution in [3.8, 4) is 5.88 Å². The highest BCUT2D eigenvalue weighted by molar-refractivity contribution is 5.95. The Morgan fingerprint density at radius 2 is 1.89 bits per heavy atom. The van der Waals surface area contributed by atoms with Gasteiger partial charge >= 0.3 is 0 Å². The van der Waals surface area contributed by atoms with Gasteiger partial charge in [-0.25, -0.2) is 4.98 Å². The van der Waals surface area contributed by atoms with Crippen LogP contribution in [0.1, 0.15) is 6.42 Å². The van der Waals surface area contributed by atoms with E-state index in [4.69, 9.17) is 4.74 Å². The third-order valence-corrected chi connectivity index (χ3v) is 5.27. The van der Waals surface area contributed by atoms with Crippen LogP contribution in [0.15, 0.2) is 42.6 Å². The van der Waals surface area contributed by atoms with E-state index in [-0.39, 0.29) is 5.91 Å². The lowest BCUT2D eigenvalue weighted by molar-refractivity contribution is -0.117. The SMILES string of the molecule is COc1ccnc(N2CCN(C[C@H]3CC(=O)N(c4ccccc4)C3)CC2)n1. The van der Waals surface area contributed by atoms with E-state index in [1.807, 2.05) is 35.2 Å². The van der Waals surface area contributed by atoms with Gasteiger partial charge in [-0.15, -0.1) is 0 Å². The Morgan fingerprint density at radius 1 is 1.11 bits per heavy atom. The van der Waals surface area contributed by atoms with Gasteiger partial charge < -0.3 is 14.5 Å². The first kappa shape index (κ1) is 17.7. The number of carbonyl (C=O) groups excluding carboxylic acids is 1. The second-order valence-electron chi connectivity index (χ2n) is 7.10. The molecule has 1 atom stereocenters. The van der Waals surface area contributed by atoms with Crippen molar-refractivity contribution in [2.24, 2.45) is 5.92 Å². The number of anilines is 2. The molecule has 2 aliphatic rings. The summed E-state index contributed by atoms with van der Waals surface area (Å²) < 4.78 is 5.19. The smallest absolute Gasteiger partial charge is 0.228 e. The lowest BCUT2D eigenvalue weighted by Crippen LogP contribution is -2.48. The van der Waals surface area contributed by atoms with Crippen molar-refractivity contribution in [2.45, 2.75) is 6.42 Å². The number of nitrogens with zero attached hydrogens (tertiary/aromatic N) is 5. The molecule has 7 nitrogen and oxygen atoms in total. The van der Waals surface area contributed by atoms with Crippen LogP contribution < -0.4 is 14.5 Å². The molecule has 2 aliphatic heterocycles. The first-order chi connectivity index (χ1) is 13.2. The Kier molecular flexibility index (Phi) is 5.20. The minimum absolute atomic E-state index is 0.231. The number of rotatable bonds is 5. The Bertz CT molecular complexity index is 777. The third kappa shape index (κ3) is 4.03. The number of para-hydroxylation sites is 1. The molecule has 2 saturated heterocycles. The third-order valence-electron chi connectivity index (χ3n) is 5.27. The van der Waals surface area contributed by atoms with Gasteiger partial charge in [0.25, 0.3) is 0 Å². The average molecular weight is 367 g/mol. The summed E-state index contributed by atoms with van der Waals surface area (Å²) in [6, 6.07) is 11.7. The molecular formula is C20H25N5O2. The number of piperazine rings is 1. The quantitative estimate of drug-likeness (QED) is 0.801. The standard InChI is InChI=1S/C20H25N5O2/c1-27-18-7-8-21-20(22-18)24-11-9-23(10-12-24)14-16-13-19(26)25(15-16)17-5-3-2-4-6-17/h2-8,16H,9-15H2,1H3/t16-/m1/s1. The summed E-state index contributed by atoms with van der Waals surface area (Å²) >= 11 is 0. The molecule has 0 radical (unpaired) electrons. The van der Waals surface area contributed by atoms with Crippen LogP contribution in [0.25, 0.3) is 0 Å². The van der Waals surface area contributed by atoms with Crippen LogP contribution in [0.4, 0.5) is 11.6 Å². The normalized spacial score (nSPS) is 20.9. The van der Waals surface area contributed by atoms with Crippen molar-refractivity contribution in [3.05, 3.63) is 42.6 Å². The Morgan fingerprint density at radius 3 is 2.63 bits per heavy atom. The maximum Gasteiger partial charge on any atom is 0.228 e. The molecule has 0 aliphatic carbocycles. The van der Waals surface area contributed by atoms with E-state index < -0.39 is 0 Å². The van der Waals surface area contributed by atoms with E-state index in [0.29, 0.717) is 18.2 Å². The zero-order chi connectivity index (χ0) is 18.6. The number of amides is 1. The van der Waals surface area contributed by atoms with Gasteiger partial charge in [-0.2, -0.15) is 4.98 Å². The molecule has 0 saturated carbocycles. The molecule has 0 bridgehead atoms. The predicted molar refractivity (Wildman–Crippen MR) is 104 cm³/mol. The lowest BCUT2D eigenvalue weighted by Gasteiger charge is -2.35. The summed E-state index contributed by atoms with van der Waals surface area (Å²) in [6.45, 7) is 5.45. The summed E-state index contributed by atoms with van der Waals surface area (Å²) in [6.07, 6.45) is 2.37. The Labute approximate surface area is 159 Å². The Hall–Kier alpha value is -2.67. The van der Waals surface area contributed by atoms with Gasteiger partial charge in [0.05, 0.1) is 7.11 Å². The summed E-state index contributed by atoms with van der Waals surface area (Å²) in [7, 11) is 1.62. The molecule has 1 aromatic carbocycles. The lowest BCUT2D eigenvalue weighted by atomic mass is 10.1. The van der Waals surface area contributed by atoms with Crippen molar-refractivity contribution in [3.63, 3.8) is 0 Å². The Balaban J connectivity index is 1.30. The topological polar surface area (TPSA) is 61.8 Å². The summed E-state index contributed by atoms with van der Waals surface area (Å²) in [5.41, 5.74) is 1.00. The van der Waals surface area contributed by atoms with E-state index in [9.17, 15) is 4.79 Å². The molecule has 7 heteroatoms. The van der Waals surface area contributed by atoms with Gasteiger partial charge in [-0.3, -0.25) is 9.69 Å². The number of aromatic nitrogens is 2. The predicted octanol–water partition coefficient (Wildman–Crippen LogP) is 1.66. The average Bonchev–Trinajstić information content (AvgIpc) is 3.09. The number of ether oxygens (including phenoxy) is 1. The minimum Gasteiger partial charge on any atom is -0.481 e. The minimum atomic E-state index is 0.231. The van der Waals surface area contributed by atoms with Crippen molar-refractivity contribution >= 4 is 17.5 Å². The second kappa shape index (κ2) is 7.92. The molecule has 1 aromatic heterocycles. The second-order valence-corrected chi connectivity index (χ2v) is 7.10. The highest BCUT2D eigenvalue weighted by Crippen LogP contribution is 2.26. The number of methoxy groups -OCH3 is 1. The molecule has 27 heavy (non-hydrogen) atoms. The van der Waals surface area contributed by atoms with E-state index in [2.05, 4.69) is 19.8 Å². The van der Waals surface area contributed by atoms with Crippen molar-refractivity contribution < 1.29 is 9.53 Å². The molecular weight excluding hydrogens is 342 g/mol. The number of benzene rings is 1. The molecule has 1 amide bonds. The van der Waals surface area contributed by atoms with Gasteiger partial charge in [-0.05, 0) is 18.1 Å². The monoisotopic (exact) mass is 367 g/mol. The first-order valence-corrected chi connectivity index (χ1v) is 9.42. The number of hydrogen-bond donors (Lipinski definition) is 0. The van der Waals surface area contributed by atoms with Crippen LogP contribution >= 0.6 is 0 Å². The van der Waals surface area contributed by atoms with Crippen LogP contribution in [-0.4, -0.2) is 67.2 Å². The van der Waals surface area contributed by atoms with Gasteiger partial charge in [0, 0.05) is 63.6 Å². The van der Waals surface area contributed by atoms with Gasteiger partial charge in [0.2, 0.25) is 17.7 Å². The highest BCUT2D eigenvalue weighted by Gasteiger charge is 2.32. The largest absolute Gasteiger partial charge is 0.481 e. The molecule has 3 heterocycles. The molecule has 2 fully saturated rings. The summed E-state index contributed by atoms with van der Waals surface area (Å²) in [5, 5.41) is 0. The fourth-order valence-corrected chi connectivity index (χ4v) is 3.86. The zero-order valence-electron chi connectivity index (χ0n) is 15.6. The van der Waals surface area contributed by atoms with Crippen LogP contribution in [0.3, 0.4) is 0 Å². The fourth-order valence-electron chi connectivity index (χ4n) is 3.86. The molecule has 0 unspecified atom stereocenters. The van der Waals surface area contributed by atoms with Crippen molar-refractivity contribution in [2.75, 3.05) is 56.2 Å². The van der Waals surface area contributed by atoms with Gasteiger partial charge in [0.1, 0.15) is 0 Å². The van der Waals surface area contributed by atoms with Crippen molar-refractivity contribution in [1.29, 1.82) is 0 Å². The molecule has 2 aromatic rings. The van der Waals surface area contributed by atoms with E-state index in [1.165, 1.54) is 0 Å². The first-order valence-electron chi connectivity index (χ1n) is 9.42. The number of carbonyl (C=O) groups is 1. The molecule has 0 spiro atoms. The van der Waals surface area contributed by atoms with E-state index in [0.717, 1.165) is 50.9 Å². The summed E-state index contributed by atoms with van der Waals surface area (Å²) in [4.78, 5) is 27.7. The van der Waals surface area contributed by atoms with E-state index >= 15 is 0 Å². The number of hydrogen-bond acceptors (Lipinski definition) is 6. The van der Waals surface area contributed by atoms with E-state index in [1.54, 1.807) is 19.4 Å².